The van der Waals surface area contributed by atoms with E-state index >= 15 is 0 Å². The number of hydrogen-bond donors (Lipinski definition) is 0. The van der Waals surface area contributed by atoms with Crippen molar-refractivity contribution in [2.24, 2.45) is 0 Å². The van der Waals surface area contributed by atoms with Crippen molar-refractivity contribution in [2.75, 3.05) is 13.1 Å². The molecule has 0 unspecified atom stereocenters. The topological polar surface area (TPSA) is 12.5 Å². The van der Waals surface area contributed by atoms with Gasteiger partial charge in [0.15, 0.2) is 0 Å². The second kappa shape index (κ2) is 4.26. The lowest BCUT2D eigenvalue weighted by Crippen LogP contribution is -2.51. The summed E-state index contributed by atoms with van der Waals surface area (Å²) in [4.78, 5) is 1.53. The number of halogens is 2. The molecule has 1 aliphatic rings. The maximum absolute atomic E-state index is 13.5. The molecule has 0 radical (unpaired) electrons. The van der Waals surface area contributed by atoms with Crippen LogP contribution >= 0.6 is 0 Å². The Morgan fingerprint density at radius 3 is 2.64 bits per heavy atom. The summed E-state index contributed by atoms with van der Waals surface area (Å²) in [6.45, 7) is 7.35. The van der Waals surface area contributed by atoms with E-state index in [1.807, 2.05) is 0 Å². The van der Waals surface area contributed by atoms with E-state index in [2.05, 4.69) is 6.58 Å². The summed E-state index contributed by atoms with van der Waals surface area (Å²) in [5.74, 6) is -2.77. The van der Waals surface area contributed by atoms with E-state index in [4.69, 9.17) is 4.74 Å². The van der Waals surface area contributed by atoms with E-state index in [-0.39, 0.29) is 12.6 Å². The first-order valence-electron chi connectivity index (χ1n) is 4.85. The maximum atomic E-state index is 13.5. The molecule has 4 heteroatoms. The van der Waals surface area contributed by atoms with Crippen molar-refractivity contribution in [3.8, 4) is 0 Å². The van der Waals surface area contributed by atoms with Gasteiger partial charge in [-0.25, -0.2) is 8.78 Å². The molecule has 1 heterocycles. The number of hydrogen-bond acceptors (Lipinski definition) is 2. The number of rotatable bonds is 3. The average Bonchev–Trinajstić information content (AvgIpc) is 2.07. The second-order valence-corrected chi connectivity index (χ2v) is 3.88. The fourth-order valence-corrected chi connectivity index (χ4v) is 1.60. The van der Waals surface area contributed by atoms with Crippen molar-refractivity contribution in [3.63, 3.8) is 0 Å². The van der Waals surface area contributed by atoms with Gasteiger partial charge in [0.25, 0.3) is 5.92 Å². The van der Waals surface area contributed by atoms with Crippen LogP contribution in [0.5, 0.6) is 0 Å². The molecule has 0 aromatic heterocycles. The van der Waals surface area contributed by atoms with Gasteiger partial charge < -0.3 is 9.64 Å². The lowest BCUT2D eigenvalue weighted by molar-refractivity contribution is -0.179. The molecule has 0 aliphatic carbocycles. The molecule has 0 bridgehead atoms. The van der Waals surface area contributed by atoms with E-state index in [9.17, 15) is 8.78 Å². The monoisotopic (exact) mass is 205 g/mol. The maximum Gasteiger partial charge on any atom is 0.290 e. The van der Waals surface area contributed by atoms with Gasteiger partial charge in [0, 0.05) is 6.54 Å². The van der Waals surface area contributed by atoms with Crippen LogP contribution in [0.2, 0.25) is 0 Å². The molecule has 1 rings (SSSR count). The molecule has 0 aromatic carbocycles. The summed E-state index contributed by atoms with van der Waals surface area (Å²) in [5.41, 5.74) is 0. The quantitative estimate of drug-likeness (QED) is 0.700. The van der Waals surface area contributed by atoms with Crippen LogP contribution < -0.4 is 0 Å². The number of alkyl halides is 2. The zero-order valence-corrected chi connectivity index (χ0v) is 8.67. The fraction of sp³-hybridized carbons (Fsp3) is 0.800. The largest absolute Gasteiger partial charge is 0.372 e. The Kier molecular flexibility index (Phi) is 3.48. The second-order valence-electron chi connectivity index (χ2n) is 3.88. The summed E-state index contributed by atoms with van der Waals surface area (Å²) in [7, 11) is 0. The third-order valence-electron chi connectivity index (χ3n) is 2.26. The zero-order chi connectivity index (χ0) is 10.8. The highest BCUT2D eigenvalue weighted by Gasteiger charge is 2.45. The summed E-state index contributed by atoms with van der Waals surface area (Å²) >= 11 is 0. The Morgan fingerprint density at radius 2 is 2.21 bits per heavy atom. The lowest BCUT2D eigenvalue weighted by atomic mass is 10.0. The smallest absolute Gasteiger partial charge is 0.290 e. The van der Waals surface area contributed by atoms with Crippen molar-refractivity contribution in [1.82, 2.24) is 4.90 Å². The Labute approximate surface area is 83.5 Å². The highest BCUT2D eigenvalue weighted by atomic mass is 19.3. The summed E-state index contributed by atoms with van der Waals surface area (Å²) in [6.07, 6.45) is 0.719. The van der Waals surface area contributed by atoms with Gasteiger partial charge >= 0.3 is 0 Å². The Morgan fingerprint density at radius 1 is 1.57 bits per heavy atom. The highest BCUT2D eigenvalue weighted by molar-refractivity contribution is 4.91. The van der Waals surface area contributed by atoms with Crippen molar-refractivity contribution in [2.45, 2.75) is 38.4 Å². The predicted octanol–water partition coefficient (Wildman–Crippen LogP) is 2.26. The van der Waals surface area contributed by atoms with Gasteiger partial charge in [0.2, 0.25) is 0 Å². The SMILES string of the molecule is C=CN1CC[C@H](OC(C)C)C(F)(F)C1. The number of likely N-dealkylation sites (tertiary alicyclic amines) is 1. The number of piperidine rings is 1. The molecule has 1 fully saturated rings. The molecule has 82 valence electrons. The molecule has 1 saturated heterocycles. The summed E-state index contributed by atoms with van der Waals surface area (Å²) in [5, 5.41) is 0. The van der Waals surface area contributed by atoms with Gasteiger partial charge in [0.05, 0.1) is 12.6 Å². The lowest BCUT2D eigenvalue weighted by Gasteiger charge is -2.38. The fourth-order valence-electron chi connectivity index (χ4n) is 1.60. The van der Waals surface area contributed by atoms with Crippen LogP contribution in [0.3, 0.4) is 0 Å². The standard InChI is InChI=1S/C10H17F2NO/c1-4-13-6-5-9(14-8(2)3)10(11,12)7-13/h4,8-9H,1,5-7H2,2-3H3/t9-/m0/s1. The molecular weight excluding hydrogens is 188 g/mol. The molecule has 0 aromatic rings. The van der Waals surface area contributed by atoms with Gasteiger partial charge in [-0.15, -0.1) is 0 Å². The van der Waals surface area contributed by atoms with Crippen LogP contribution in [-0.4, -0.2) is 36.1 Å². The molecule has 2 nitrogen and oxygen atoms in total. The van der Waals surface area contributed by atoms with Crippen LogP contribution in [-0.2, 0) is 4.74 Å². The molecule has 1 aliphatic heterocycles. The van der Waals surface area contributed by atoms with Gasteiger partial charge in [-0.3, -0.25) is 0 Å². The zero-order valence-electron chi connectivity index (χ0n) is 8.67. The van der Waals surface area contributed by atoms with Crippen LogP contribution in [0.15, 0.2) is 12.8 Å². The van der Waals surface area contributed by atoms with E-state index in [1.165, 1.54) is 11.1 Å². The molecule has 0 spiro atoms. The number of ether oxygens (including phenoxy) is 1. The van der Waals surface area contributed by atoms with Crippen molar-refractivity contribution in [1.29, 1.82) is 0 Å². The van der Waals surface area contributed by atoms with Gasteiger partial charge in [0.1, 0.15) is 6.10 Å². The average molecular weight is 205 g/mol. The Bertz CT molecular complexity index is 206. The van der Waals surface area contributed by atoms with E-state index in [0.29, 0.717) is 13.0 Å². The minimum Gasteiger partial charge on any atom is -0.372 e. The first-order chi connectivity index (χ1) is 6.45. The van der Waals surface area contributed by atoms with Gasteiger partial charge in [-0.05, 0) is 26.5 Å². The third kappa shape index (κ3) is 2.67. The normalized spacial score (nSPS) is 26.6. The first-order valence-corrected chi connectivity index (χ1v) is 4.85. The summed E-state index contributed by atoms with van der Waals surface area (Å²) in [6, 6.07) is 0. The minimum absolute atomic E-state index is 0.152. The van der Waals surface area contributed by atoms with E-state index in [0.717, 1.165) is 0 Å². The van der Waals surface area contributed by atoms with Crippen LogP contribution in [0.1, 0.15) is 20.3 Å². The van der Waals surface area contributed by atoms with Crippen molar-refractivity contribution < 1.29 is 13.5 Å². The Balaban J connectivity index is 2.58. The van der Waals surface area contributed by atoms with Crippen LogP contribution in [0.25, 0.3) is 0 Å². The highest BCUT2D eigenvalue weighted by Crippen LogP contribution is 2.30. The van der Waals surface area contributed by atoms with Crippen molar-refractivity contribution in [3.05, 3.63) is 12.8 Å². The molecule has 0 amide bonds. The first kappa shape index (κ1) is 11.4. The van der Waals surface area contributed by atoms with Crippen LogP contribution in [0.4, 0.5) is 8.78 Å². The number of nitrogens with zero attached hydrogens (tertiary/aromatic N) is 1. The predicted molar refractivity (Wildman–Crippen MR) is 51.3 cm³/mol. The van der Waals surface area contributed by atoms with E-state index < -0.39 is 12.0 Å². The van der Waals surface area contributed by atoms with Crippen LogP contribution in [0, 0.1) is 0 Å². The third-order valence-corrected chi connectivity index (χ3v) is 2.26. The molecular formula is C10H17F2NO. The molecule has 14 heavy (non-hydrogen) atoms. The molecule has 0 saturated carbocycles. The molecule has 0 N–H and O–H groups in total. The summed E-state index contributed by atoms with van der Waals surface area (Å²) < 4.78 is 32.1. The Hall–Kier alpha value is -0.640. The van der Waals surface area contributed by atoms with E-state index in [1.54, 1.807) is 13.8 Å². The minimum atomic E-state index is -2.77. The molecule has 1 atom stereocenters. The van der Waals surface area contributed by atoms with Crippen molar-refractivity contribution >= 4 is 0 Å². The van der Waals surface area contributed by atoms with Gasteiger partial charge in [-0.1, -0.05) is 6.58 Å². The van der Waals surface area contributed by atoms with Gasteiger partial charge in [-0.2, -0.15) is 0 Å².